The first-order valence-electron chi connectivity index (χ1n) is 7.13. The van der Waals surface area contributed by atoms with Gasteiger partial charge in [0, 0.05) is 25.3 Å². The fraction of sp³-hybridized carbons (Fsp3) is 0.692. The van der Waals surface area contributed by atoms with Gasteiger partial charge >= 0.3 is 5.69 Å². The fourth-order valence-electron chi connectivity index (χ4n) is 2.70. The summed E-state index contributed by atoms with van der Waals surface area (Å²) in [4.78, 5) is 25.2. The Morgan fingerprint density at radius 2 is 2.27 bits per heavy atom. The highest BCUT2D eigenvalue weighted by atomic mass is 16.7. The van der Waals surface area contributed by atoms with Gasteiger partial charge in [0.05, 0.1) is 6.61 Å². The van der Waals surface area contributed by atoms with Crippen LogP contribution in [0, 0.1) is 0 Å². The summed E-state index contributed by atoms with van der Waals surface area (Å²) in [6, 6.07) is 1.17. The molecule has 22 heavy (non-hydrogen) atoms. The molecule has 0 aromatic carbocycles. The molecule has 2 fully saturated rings. The lowest BCUT2D eigenvalue weighted by Crippen LogP contribution is -2.41. The molecular weight excluding hydrogens is 296 g/mol. The molecule has 1 aromatic rings. The largest absolute Gasteiger partial charge is 0.394 e. The normalized spacial score (nSPS) is 35.1. The summed E-state index contributed by atoms with van der Waals surface area (Å²) in [5.74, 6) is 0. The number of aromatic nitrogens is 2. The highest BCUT2D eigenvalue weighted by molar-refractivity contribution is 4.94. The molecular formula is C13H18N2O7. The molecule has 2 saturated heterocycles. The van der Waals surface area contributed by atoms with Crippen molar-refractivity contribution in [3.05, 3.63) is 33.1 Å². The topological polar surface area (TPSA) is 123 Å². The average Bonchev–Trinajstić information content (AvgIpc) is 3.10. The van der Waals surface area contributed by atoms with E-state index in [1.54, 1.807) is 0 Å². The van der Waals surface area contributed by atoms with Crippen LogP contribution < -0.4 is 11.2 Å². The zero-order chi connectivity index (χ0) is 15.7. The van der Waals surface area contributed by atoms with E-state index < -0.39 is 48.7 Å². The number of hydrogen-bond acceptors (Lipinski definition) is 7. The van der Waals surface area contributed by atoms with Gasteiger partial charge in [-0.05, 0) is 6.42 Å². The lowest BCUT2D eigenvalue weighted by Gasteiger charge is -2.24. The van der Waals surface area contributed by atoms with Gasteiger partial charge in [0.1, 0.15) is 18.3 Å². The quantitative estimate of drug-likeness (QED) is 0.606. The van der Waals surface area contributed by atoms with Gasteiger partial charge in [0.15, 0.2) is 12.5 Å². The monoisotopic (exact) mass is 314 g/mol. The number of aliphatic hydroxyl groups excluding tert-OH is 2. The smallest absolute Gasteiger partial charge is 0.330 e. The predicted octanol–water partition coefficient (Wildman–Crippen LogP) is -1.69. The average molecular weight is 314 g/mol. The lowest BCUT2D eigenvalue weighted by atomic mass is 10.1. The van der Waals surface area contributed by atoms with E-state index in [1.807, 2.05) is 0 Å². The van der Waals surface area contributed by atoms with E-state index in [1.165, 1.54) is 12.3 Å². The van der Waals surface area contributed by atoms with Crippen molar-refractivity contribution in [3.8, 4) is 0 Å². The minimum Gasteiger partial charge on any atom is -0.394 e. The number of hydrogen-bond donors (Lipinski definition) is 3. The number of aliphatic hydroxyl groups is 2. The molecule has 0 aliphatic carbocycles. The summed E-state index contributed by atoms with van der Waals surface area (Å²) >= 11 is 0. The van der Waals surface area contributed by atoms with E-state index in [4.69, 9.17) is 14.2 Å². The third-order valence-electron chi connectivity index (χ3n) is 3.81. The highest BCUT2D eigenvalue weighted by Crippen LogP contribution is 2.32. The van der Waals surface area contributed by atoms with Gasteiger partial charge < -0.3 is 24.4 Å². The van der Waals surface area contributed by atoms with Crippen molar-refractivity contribution < 1.29 is 24.4 Å². The van der Waals surface area contributed by atoms with Crippen molar-refractivity contribution in [2.75, 3.05) is 13.2 Å². The molecule has 5 atom stereocenters. The first kappa shape index (κ1) is 15.4. The molecule has 2 aliphatic heterocycles. The van der Waals surface area contributed by atoms with E-state index in [9.17, 15) is 19.8 Å². The Labute approximate surface area is 125 Å². The van der Waals surface area contributed by atoms with Crippen molar-refractivity contribution in [2.45, 2.75) is 43.7 Å². The number of ether oxygens (including phenoxy) is 3. The summed E-state index contributed by atoms with van der Waals surface area (Å²) in [6.07, 6.45) is -1.52. The maximum absolute atomic E-state index is 11.9. The fourth-order valence-corrected chi connectivity index (χ4v) is 2.70. The van der Waals surface area contributed by atoms with Crippen LogP contribution in [0.5, 0.6) is 0 Å². The highest BCUT2D eigenvalue weighted by Gasteiger charge is 2.47. The molecule has 122 valence electrons. The Balaban J connectivity index is 1.88. The molecule has 3 heterocycles. The summed E-state index contributed by atoms with van der Waals surface area (Å²) in [7, 11) is 0. The predicted molar refractivity (Wildman–Crippen MR) is 72.2 cm³/mol. The number of nitrogens with one attached hydrogen (secondary N) is 1. The van der Waals surface area contributed by atoms with E-state index in [0.717, 1.165) is 11.0 Å². The van der Waals surface area contributed by atoms with Gasteiger partial charge in [-0.25, -0.2) is 4.79 Å². The molecule has 9 heteroatoms. The first-order chi connectivity index (χ1) is 10.6. The Kier molecular flexibility index (Phi) is 4.41. The summed E-state index contributed by atoms with van der Waals surface area (Å²) in [6.45, 7) is 0.155. The third-order valence-corrected chi connectivity index (χ3v) is 3.81. The SMILES string of the molecule is O=c1ccn([C@@H]2O[C@H](CO)[C@@H](O)[C@H]2OC2CCCO2)c(=O)[nH]1. The van der Waals surface area contributed by atoms with Gasteiger partial charge in [-0.2, -0.15) is 0 Å². The van der Waals surface area contributed by atoms with Crippen LogP contribution in [0.3, 0.4) is 0 Å². The summed E-state index contributed by atoms with van der Waals surface area (Å²) in [5.41, 5.74) is -1.21. The second-order valence-corrected chi connectivity index (χ2v) is 5.30. The number of aromatic amines is 1. The van der Waals surface area contributed by atoms with Crippen molar-refractivity contribution >= 4 is 0 Å². The van der Waals surface area contributed by atoms with Gasteiger partial charge in [-0.1, -0.05) is 0 Å². The molecule has 0 radical (unpaired) electrons. The van der Waals surface area contributed by atoms with Gasteiger partial charge in [-0.3, -0.25) is 14.3 Å². The molecule has 1 aromatic heterocycles. The molecule has 2 aliphatic rings. The van der Waals surface area contributed by atoms with Crippen LogP contribution in [-0.4, -0.2) is 57.6 Å². The van der Waals surface area contributed by atoms with Crippen molar-refractivity contribution in [1.82, 2.24) is 9.55 Å². The number of rotatable bonds is 4. The first-order valence-corrected chi connectivity index (χ1v) is 7.13. The molecule has 0 bridgehead atoms. The molecule has 1 unspecified atom stereocenters. The Morgan fingerprint density at radius 3 is 2.91 bits per heavy atom. The Hall–Kier alpha value is -1.52. The van der Waals surface area contributed by atoms with E-state index in [2.05, 4.69) is 4.98 Å². The summed E-state index contributed by atoms with van der Waals surface area (Å²) in [5, 5.41) is 19.5. The van der Waals surface area contributed by atoms with E-state index >= 15 is 0 Å². The third kappa shape index (κ3) is 2.85. The Morgan fingerprint density at radius 1 is 1.45 bits per heavy atom. The number of nitrogens with zero attached hydrogens (tertiary/aromatic N) is 1. The second kappa shape index (κ2) is 6.31. The molecule has 3 N–H and O–H groups in total. The van der Waals surface area contributed by atoms with Crippen LogP contribution in [0.4, 0.5) is 0 Å². The van der Waals surface area contributed by atoms with Crippen LogP contribution >= 0.6 is 0 Å². The van der Waals surface area contributed by atoms with Gasteiger partial charge in [-0.15, -0.1) is 0 Å². The Bertz CT molecular complexity index is 621. The van der Waals surface area contributed by atoms with Gasteiger partial charge in [0.25, 0.3) is 5.56 Å². The molecule has 9 nitrogen and oxygen atoms in total. The minimum atomic E-state index is -1.11. The summed E-state index contributed by atoms with van der Waals surface area (Å²) < 4.78 is 17.7. The molecule has 0 spiro atoms. The van der Waals surface area contributed by atoms with Crippen molar-refractivity contribution in [2.24, 2.45) is 0 Å². The van der Waals surface area contributed by atoms with Gasteiger partial charge in [0.2, 0.25) is 0 Å². The lowest BCUT2D eigenvalue weighted by molar-refractivity contribution is -0.182. The van der Waals surface area contributed by atoms with Crippen LogP contribution in [0.15, 0.2) is 21.9 Å². The van der Waals surface area contributed by atoms with Crippen molar-refractivity contribution in [1.29, 1.82) is 0 Å². The molecule has 3 rings (SSSR count). The zero-order valence-corrected chi connectivity index (χ0v) is 11.8. The maximum atomic E-state index is 11.9. The van der Waals surface area contributed by atoms with E-state index in [-0.39, 0.29) is 0 Å². The zero-order valence-electron chi connectivity index (χ0n) is 11.8. The standard InChI is InChI=1S/C13H18N2O7/c16-6-7-10(18)11(22-9-2-1-5-20-9)12(21-7)15-4-3-8(17)14-13(15)19/h3-4,7,9-12,16,18H,1-2,5-6H2,(H,14,17,19)/t7-,9?,10-,11-,12-/m1/s1. The van der Waals surface area contributed by atoms with Crippen molar-refractivity contribution in [3.63, 3.8) is 0 Å². The molecule has 0 saturated carbocycles. The minimum absolute atomic E-state index is 0.416. The van der Waals surface area contributed by atoms with Crippen LogP contribution in [-0.2, 0) is 14.2 Å². The second-order valence-electron chi connectivity index (χ2n) is 5.30. The van der Waals surface area contributed by atoms with E-state index in [0.29, 0.717) is 13.0 Å². The molecule has 0 amide bonds. The van der Waals surface area contributed by atoms with Crippen LogP contribution in [0.25, 0.3) is 0 Å². The van der Waals surface area contributed by atoms with Crippen LogP contribution in [0.2, 0.25) is 0 Å². The van der Waals surface area contributed by atoms with Crippen LogP contribution in [0.1, 0.15) is 19.1 Å². The number of H-pyrrole nitrogens is 1. The maximum Gasteiger partial charge on any atom is 0.330 e.